The molecule has 0 aliphatic carbocycles. The van der Waals surface area contributed by atoms with Crippen molar-refractivity contribution in [1.82, 2.24) is 20.5 Å². The maximum absolute atomic E-state index is 12.7. The summed E-state index contributed by atoms with van der Waals surface area (Å²) in [5.41, 5.74) is 4.12. The summed E-state index contributed by atoms with van der Waals surface area (Å²) in [4.78, 5) is 18.2. The number of fused-ring (bicyclic) bond motifs is 1. The molecule has 3 N–H and O–H groups in total. The number of nitrogens with one attached hydrogen (secondary N) is 3. The van der Waals surface area contributed by atoms with Crippen molar-refractivity contribution in [2.75, 3.05) is 25.1 Å². The number of amides is 1. The smallest absolute Gasteiger partial charge is 0.224 e. The van der Waals surface area contributed by atoms with E-state index in [-0.39, 0.29) is 11.9 Å². The number of hydrogen-bond acceptors (Lipinski definition) is 4. The first-order valence-corrected chi connectivity index (χ1v) is 11.0. The zero-order valence-corrected chi connectivity index (χ0v) is 18.1. The van der Waals surface area contributed by atoms with Gasteiger partial charge < -0.3 is 19.9 Å². The van der Waals surface area contributed by atoms with E-state index in [4.69, 9.17) is 4.74 Å². The maximum Gasteiger partial charge on any atom is 0.224 e. The number of anilines is 1. The topological polar surface area (TPSA) is 86.0 Å². The number of benzene rings is 2. The lowest BCUT2D eigenvalue weighted by Gasteiger charge is -2.33. The zero-order valence-electron chi connectivity index (χ0n) is 18.1. The van der Waals surface area contributed by atoms with Crippen LogP contribution in [0.1, 0.15) is 18.4 Å². The minimum atomic E-state index is 0.0579. The number of H-pyrrole nitrogens is 2. The SMILES string of the molecule is COc1ccc(-c2cc(N3CCC[C@H](NC(=O)Cc4c[nH]c5ccccc45)C3)n[nH]2)cc1. The molecular formula is C25H27N5O2. The molecule has 2 aromatic carbocycles. The van der Waals surface area contributed by atoms with Crippen molar-refractivity contribution in [2.24, 2.45) is 0 Å². The zero-order chi connectivity index (χ0) is 21.9. The number of rotatable bonds is 6. The minimum Gasteiger partial charge on any atom is -0.497 e. The van der Waals surface area contributed by atoms with Crippen LogP contribution in [0.3, 0.4) is 0 Å². The molecule has 4 aromatic rings. The summed E-state index contributed by atoms with van der Waals surface area (Å²) in [5.74, 6) is 1.80. The van der Waals surface area contributed by atoms with Crippen LogP contribution in [0.4, 0.5) is 5.82 Å². The molecule has 7 nitrogen and oxygen atoms in total. The summed E-state index contributed by atoms with van der Waals surface area (Å²) in [6.45, 7) is 1.69. The number of para-hydroxylation sites is 1. The number of nitrogens with zero attached hydrogens (tertiary/aromatic N) is 2. The highest BCUT2D eigenvalue weighted by molar-refractivity contribution is 5.89. The Kier molecular flexibility index (Phi) is 5.54. The van der Waals surface area contributed by atoms with Crippen LogP contribution in [-0.4, -0.2) is 47.3 Å². The molecule has 1 fully saturated rings. The first-order chi connectivity index (χ1) is 15.7. The van der Waals surface area contributed by atoms with E-state index >= 15 is 0 Å². The molecular weight excluding hydrogens is 402 g/mol. The molecule has 0 saturated carbocycles. The van der Waals surface area contributed by atoms with Gasteiger partial charge in [0.1, 0.15) is 5.75 Å². The highest BCUT2D eigenvalue weighted by Gasteiger charge is 2.23. The van der Waals surface area contributed by atoms with Gasteiger partial charge in [0.05, 0.1) is 19.2 Å². The summed E-state index contributed by atoms with van der Waals surface area (Å²) in [6, 6.07) is 18.2. The summed E-state index contributed by atoms with van der Waals surface area (Å²) < 4.78 is 5.23. The normalized spacial score (nSPS) is 16.3. The summed E-state index contributed by atoms with van der Waals surface area (Å²) >= 11 is 0. The van der Waals surface area contributed by atoms with E-state index in [0.29, 0.717) is 6.42 Å². The fourth-order valence-electron chi connectivity index (χ4n) is 4.42. The van der Waals surface area contributed by atoms with Crippen molar-refractivity contribution < 1.29 is 9.53 Å². The average molecular weight is 430 g/mol. The van der Waals surface area contributed by atoms with E-state index < -0.39 is 0 Å². The van der Waals surface area contributed by atoms with Gasteiger partial charge in [0.25, 0.3) is 0 Å². The Hall–Kier alpha value is -3.74. The number of aromatic nitrogens is 3. The van der Waals surface area contributed by atoms with Crippen LogP contribution < -0.4 is 15.0 Å². The standard InChI is InChI=1S/C25H27N5O2/c1-32-20-10-8-17(9-11-20)23-14-24(29-28-23)30-12-4-5-19(16-30)27-25(31)13-18-15-26-22-7-3-2-6-21(18)22/h2-3,6-11,14-15,19,26H,4-5,12-13,16H2,1H3,(H,27,31)(H,28,29)/t19-/m0/s1. The second-order valence-electron chi connectivity index (χ2n) is 8.26. The van der Waals surface area contributed by atoms with Gasteiger partial charge in [-0.05, 0) is 54.3 Å². The lowest BCUT2D eigenvalue weighted by Crippen LogP contribution is -2.48. The molecule has 1 atom stereocenters. The predicted molar refractivity (Wildman–Crippen MR) is 126 cm³/mol. The third-order valence-corrected chi connectivity index (χ3v) is 6.10. The first kappa shape index (κ1) is 20.2. The van der Waals surface area contributed by atoms with E-state index in [1.807, 2.05) is 48.7 Å². The van der Waals surface area contributed by atoms with Gasteiger partial charge >= 0.3 is 0 Å². The Bertz CT molecular complexity index is 1210. The number of ether oxygens (including phenoxy) is 1. The number of methoxy groups -OCH3 is 1. The number of carbonyl (C=O) groups is 1. The molecule has 1 aliphatic rings. The van der Waals surface area contributed by atoms with E-state index in [2.05, 4.69) is 37.5 Å². The van der Waals surface area contributed by atoms with Crippen LogP contribution in [0.5, 0.6) is 5.75 Å². The van der Waals surface area contributed by atoms with Crippen LogP contribution in [0, 0.1) is 0 Å². The van der Waals surface area contributed by atoms with Crippen molar-refractivity contribution in [3.63, 3.8) is 0 Å². The fourth-order valence-corrected chi connectivity index (χ4v) is 4.42. The summed E-state index contributed by atoms with van der Waals surface area (Å²) in [7, 11) is 1.66. The number of carbonyl (C=O) groups excluding carboxylic acids is 1. The number of aromatic amines is 2. The Morgan fingerprint density at radius 1 is 1.22 bits per heavy atom. The molecule has 1 amide bonds. The van der Waals surface area contributed by atoms with Crippen molar-refractivity contribution in [2.45, 2.75) is 25.3 Å². The van der Waals surface area contributed by atoms with Crippen molar-refractivity contribution in [1.29, 1.82) is 0 Å². The molecule has 3 heterocycles. The molecule has 164 valence electrons. The molecule has 2 aromatic heterocycles. The van der Waals surface area contributed by atoms with Gasteiger partial charge in [0, 0.05) is 42.3 Å². The van der Waals surface area contributed by atoms with Crippen LogP contribution in [-0.2, 0) is 11.2 Å². The Labute approximate surface area is 186 Å². The molecule has 5 rings (SSSR count). The van der Waals surface area contributed by atoms with Crippen LogP contribution in [0.15, 0.2) is 60.8 Å². The quantitative estimate of drug-likeness (QED) is 0.434. The van der Waals surface area contributed by atoms with Gasteiger partial charge in [-0.2, -0.15) is 5.10 Å². The third kappa shape index (κ3) is 4.19. The molecule has 0 bridgehead atoms. The lowest BCUT2D eigenvalue weighted by molar-refractivity contribution is -0.121. The molecule has 0 unspecified atom stereocenters. The average Bonchev–Trinajstić information content (AvgIpc) is 3.47. The first-order valence-electron chi connectivity index (χ1n) is 11.0. The van der Waals surface area contributed by atoms with Crippen LogP contribution in [0.25, 0.3) is 22.2 Å². The van der Waals surface area contributed by atoms with E-state index in [0.717, 1.165) is 65.2 Å². The number of piperidine rings is 1. The van der Waals surface area contributed by atoms with Crippen LogP contribution >= 0.6 is 0 Å². The molecule has 0 radical (unpaired) electrons. The molecule has 0 spiro atoms. The summed E-state index contributed by atoms with van der Waals surface area (Å²) in [6.07, 6.45) is 4.31. The number of hydrogen-bond donors (Lipinski definition) is 3. The van der Waals surface area contributed by atoms with Gasteiger partial charge in [0.2, 0.25) is 5.91 Å². The second-order valence-corrected chi connectivity index (χ2v) is 8.26. The van der Waals surface area contributed by atoms with Gasteiger partial charge in [-0.3, -0.25) is 9.89 Å². The maximum atomic E-state index is 12.7. The fraction of sp³-hybridized carbons (Fsp3) is 0.280. The summed E-state index contributed by atoms with van der Waals surface area (Å²) in [5, 5.41) is 12.0. The van der Waals surface area contributed by atoms with Gasteiger partial charge in [0.15, 0.2) is 5.82 Å². The van der Waals surface area contributed by atoms with E-state index in [1.165, 1.54) is 0 Å². The molecule has 32 heavy (non-hydrogen) atoms. The van der Waals surface area contributed by atoms with Crippen molar-refractivity contribution in [3.05, 3.63) is 66.4 Å². The van der Waals surface area contributed by atoms with Crippen molar-refractivity contribution in [3.8, 4) is 17.0 Å². The monoisotopic (exact) mass is 429 g/mol. The lowest BCUT2D eigenvalue weighted by atomic mass is 10.0. The van der Waals surface area contributed by atoms with Gasteiger partial charge in [-0.15, -0.1) is 0 Å². The molecule has 7 heteroatoms. The second kappa shape index (κ2) is 8.78. The van der Waals surface area contributed by atoms with Gasteiger partial charge in [-0.1, -0.05) is 18.2 Å². The highest BCUT2D eigenvalue weighted by Crippen LogP contribution is 2.26. The Balaban J connectivity index is 1.21. The highest BCUT2D eigenvalue weighted by atomic mass is 16.5. The van der Waals surface area contributed by atoms with Crippen molar-refractivity contribution >= 4 is 22.6 Å². The Morgan fingerprint density at radius 2 is 2.06 bits per heavy atom. The van der Waals surface area contributed by atoms with Crippen LogP contribution in [0.2, 0.25) is 0 Å². The minimum absolute atomic E-state index is 0.0579. The largest absolute Gasteiger partial charge is 0.497 e. The van der Waals surface area contributed by atoms with E-state index in [1.54, 1.807) is 7.11 Å². The predicted octanol–water partition coefficient (Wildman–Crippen LogP) is 3.89. The van der Waals surface area contributed by atoms with E-state index in [9.17, 15) is 4.79 Å². The Morgan fingerprint density at radius 3 is 2.91 bits per heavy atom. The molecule has 1 aliphatic heterocycles. The molecule has 1 saturated heterocycles. The van der Waals surface area contributed by atoms with Gasteiger partial charge in [-0.25, -0.2) is 0 Å². The third-order valence-electron chi connectivity index (χ3n) is 6.10.